The summed E-state index contributed by atoms with van der Waals surface area (Å²) in [6.45, 7) is 7.83. The highest BCUT2D eigenvalue weighted by molar-refractivity contribution is 9.10. The molecule has 1 unspecified atom stereocenters. The summed E-state index contributed by atoms with van der Waals surface area (Å²) in [4.78, 5) is 0. The number of fused-ring (bicyclic) bond motifs is 1. The van der Waals surface area contributed by atoms with Crippen LogP contribution in [0.15, 0.2) is 16.6 Å². The van der Waals surface area contributed by atoms with E-state index in [0.717, 1.165) is 48.7 Å². The minimum absolute atomic E-state index is 0.712. The molecule has 0 bridgehead atoms. The number of ether oxygens (including phenoxy) is 2. The van der Waals surface area contributed by atoms with Crippen LogP contribution in [-0.4, -0.2) is 19.8 Å². The van der Waals surface area contributed by atoms with Crippen molar-refractivity contribution in [1.82, 2.24) is 5.32 Å². The zero-order valence-corrected chi connectivity index (χ0v) is 13.3. The SMILES string of the molecule is CCC(C)CNCc1cc(Br)c2c(c1)OCCCO2. The average molecular weight is 328 g/mol. The number of benzene rings is 1. The molecular formula is C15H22BrNO2. The van der Waals surface area contributed by atoms with Crippen molar-refractivity contribution in [3.63, 3.8) is 0 Å². The molecule has 3 nitrogen and oxygen atoms in total. The minimum atomic E-state index is 0.712. The van der Waals surface area contributed by atoms with Crippen molar-refractivity contribution in [3.8, 4) is 11.5 Å². The van der Waals surface area contributed by atoms with Gasteiger partial charge in [-0.2, -0.15) is 0 Å². The Kier molecular flexibility index (Phi) is 5.52. The third-order valence-electron chi connectivity index (χ3n) is 3.38. The predicted octanol–water partition coefficient (Wildman–Crippen LogP) is 3.75. The van der Waals surface area contributed by atoms with Gasteiger partial charge in [0.15, 0.2) is 11.5 Å². The van der Waals surface area contributed by atoms with Crippen LogP contribution < -0.4 is 14.8 Å². The van der Waals surface area contributed by atoms with Crippen LogP contribution in [0.2, 0.25) is 0 Å². The lowest BCUT2D eigenvalue weighted by Gasteiger charge is -2.13. The highest BCUT2D eigenvalue weighted by atomic mass is 79.9. The molecule has 0 amide bonds. The molecule has 1 aliphatic rings. The molecular weight excluding hydrogens is 306 g/mol. The highest BCUT2D eigenvalue weighted by Gasteiger charge is 2.15. The van der Waals surface area contributed by atoms with Crippen LogP contribution in [0.25, 0.3) is 0 Å². The van der Waals surface area contributed by atoms with E-state index in [1.807, 2.05) is 0 Å². The zero-order valence-electron chi connectivity index (χ0n) is 11.7. The van der Waals surface area contributed by atoms with E-state index in [-0.39, 0.29) is 0 Å². The van der Waals surface area contributed by atoms with Gasteiger partial charge in [0.05, 0.1) is 17.7 Å². The molecule has 2 rings (SSSR count). The fraction of sp³-hybridized carbons (Fsp3) is 0.600. The van der Waals surface area contributed by atoms with Crippen molar-refractivity contribution >= 4 is 15.9 Å². The fourth-order valence-corrected chi connectivity index (χ4v) is 2.60. The highest BCUT2D eigenvalue weighted by Crippen LogP contribution is 2.38. The third kappa shape index (κ3) is 4.11. The van der Waals surface area contributed by atoms with Gasteiger partial charge in [-0.15, -0.1) is 0 Å². The van der Waals surface area contributed by atoms with Crippen molar-refractivity contribution in [3.05, 3.63) is 22.2 Å². The first-order valence-corrected chi connectivity index (χ1v) is 7.78. The Balaban J connectivity index is 2.02. The van der Waals surface area contributed by atoms with E-state index in [9.17, 15) is 0 Å². The maximum Gasteiger partial charge on any atom is 0.175 e. The first kappa shape index (κ1) is 14.7. The number of nitrogens with one attached hydrogen (secondary N) is 1. The van der Waals surface area contributed by atoms with Crippen molar-refractivity contribution in [2.75, 3.05) is 19.8 Å². The quantitative estimate of drug-likeness (QED) is 0.893. The Morgan fingerprint density at radius 2 is 2.11 bits per heavy atom. The van der Waals surface area contributed by atoms with Crippen LogP contribution in [0.5, 0.6) is 11.5 Å². The Bertz CT molecular complexity index is 423. The third-order valence-corrected chi connectivity index (χ3v) is 3.97. The summed E-state index contributed by atoms with van der Waals surface area (Å²) in [6.07, 6.45) is 2.14. The van der Waals surface area contributed by atoms with Crippen molar-refractivity contribution in [2.45, 2.75) is 33.2 Å². The van der Waals surface area contributed by atoms with Gasteiger partial charge in [0.2, 0.25) is 0 Å². The van der Waals surface area contributed by atoms with Gasteiger partial charge in [-0.25, -0.2) is 0 Å². The first-order chi connectivity index (χ1) is 9.20. The molecule has 0 fully saturated rings. The van der Waals surface area contributed by atoms with Gasteiger partial charge in [-0.05, 0) is 46.1 Å². The van der Waals surface area contributed by atoms with Crippen LogP contribution in [-0.2, 0) is 6.54 Å². The van der Waals surface area contributed by atoms with Crippen molar-refractivity contribution < 1.29 is 9.47 Å². The molecule has 0 aliphatic carbocycles. The van der Waals surface area contributed by atoms with Crippen LogP contribution >= 0.6 is 15.9 Å². The van der Waals surface area contributed by atoms with Crippen molar-refractivity contribution in [1.29, 1.82) is 0 Å². The summed E-state index contributed by atoms with van der Waals surface area (Å²) in [5.74, 6) is 2.40. The van der Waals surface area contributed by atoms with Crippen LogP contribution in [0.1, 0.15) is 32.3 Å². The molecule has 0 radical (unpaired) electrons. The van der Waals surface area contributed by atoms with Crippen LogP contribution in [0.4, 0.5) is 0 Å². The van der Waals surface area contributed by atoms with E-state index in [1.165, 1.54) is 12.0 Å². The molecule has 1 aromatic carbocycles. The summed E-state index contributed by atoms with van der Waals surface area (Å²) >= 11 is 3.57. The molecule has 1 atom stereocenters. The normalized spacial score (nSPS) is 15.9. The molecule has 1 aromatic rings. The van der Waals surface area contributed by atoms with Gasteiger partial charge >= 0.3 is 0 Å². The molecule has 1 heterocycles. The predicted molar refractivity (Wildman–Crippen MR) is 80.9 cm³/mol. The first-order valence-electron chi connectivity index (χ1n) is 6.99. The molecule has 1 aliphatic heterocycles. The van der Waals surface area contributed by atoms with E-state index >= 15 is 0 Å². The fourth-order valence-electron chi connectivity index (χ4n) is 1.99. The molecule has 19 heavy (non-hydrogen) atoms. The molecule has 1 N–H and O–H groups in total. The Hall–Kier alpha value is -0.740. The van der Waals surface area contributed by atoms with E-state index in [4.69, 9.17) is 9.47 Å². The standard InChI is InChI=1S/C15H22BrNO2/c1-3-11(2)9-17-10-12-7-13(16)15-14(8-12)18-5-4-6-19-15/h7-8,11,17H,3-6,9-10H2,1-2H3. The van der Waals surface area contributed by atoms with Gasteiger partial charge in [-0.1, -0.05) is 20.3 Å². The Morgan fingerprint density at radius 1 is 1.32 bits per heavy atom. The summed E-state index contributed by atoms with van der Waals surface area (Å²) < 4.78 is 12.4. The maximum absolute atomic E-state index is 5.74. The number of halogens is 1. The second-order valence-corrected chi connectivity index (χ2v) is 5.95. The summed E-state index contributed by atoms with van der Waals surface area (Å²) in [5.41, 5.74) is 1.22. The average Bonchev–Trinajstić information content (AvgIpc) is 2.64. The Labute approximate surface area is 123 Å². The second kappa shape index (κ2) is 7.15. The molecule has 0 saturated heterocycles. The van der Waals surface area contributed by atoms with Gasteiger partial charge in [0.1, 0.15) is 0 Å². The summed E-state index contributed by atoms with van der Waals surface area (Å²) in [7, 11) is 0. The second-order valence-electron chi connectivity index (χ2n) is 5.10. The van der Waals surface area contributed by atoms with Crippen molar-refractivity contribution in [2.24, 2.45) is 5.92 Å². The number of rotatable bonds is 5. The van der Waals surface area contributed by atoms with Gasteiger partial charge in [0.25, 0.3) is 0 Å². The molecule has 4 heteroatoms. The topological polar surface area (TPSA) is 30.5 Å². The van der Waals surface area contributed by atoms with Gasteiger partial charge in [0, 0.05) is 13.0 Å². The Morgan fingerprint density at radius 3 is 2.89 bits per heavy atom. The van der Waals surface area contributed by atoms with E-state index in [2.05, 4.69) is 47.2 Å². The summed E-state index contributed by atoms with van der Waals surface area (Å²) in [6, 6.07) is 4.19. The molecule has 0 aromatic heterocycles. The summed E-state index contributed by atoms with van der Waals surface area (Å²) in [5, 5.41) is 3.48. The lowest BCUT2D eigenvalue weighted by Crippen LogP contribution is -2.20. The van der Waals surface area contributed by atoms with Gasteiger partial charge in [-0.3, -0.25) is 0 Å². The molecule has 0 saturated carbocycles. The lowest BCUT2D eigenvalue weighted by molar-refractivity contribution is 0.296. The number of hydrogen-bond acceptors (Lipinski definition) is 3. The molecule has 106 valence electrons. The largest absolute Gasteiger partial charge is 0.490 e. The monoisotopic (exact) mass is 327 g/mol. The van der Waals surface area contributed by atoms with Gasteiger partial charge < -0.3 is 14.8 Å². The van der Waals surface area contributed by atoms with E-state index in [0.29, 0.717) is 5.92 Å². The number of hydrogen-bond donors (Lipinski definition) is 1. The maximum atomic E-state index is 5.74. The molecule has 0 spiro atoms. The van der Waals surface area contributed by atoms with Crippen LogP contribution in [0.3, 0.4) is 0 Å². The van der Waals surface area contributed by atoms with E-state index < -0.39 is 0 Å². The lowest BCUT2D eigenvalue weighted by atomic mass is 10.1. The zero-order chi connectivity index (χ0) is 13.7. The minimum Gasteiger partial charge on any atom is -0.490 e. The smallest absolute Gasteiger partial charge is 0.175 e. The van der Waals surface area contributed by atoms with E-state index in [1.54, 1.807) is 0 Å². The van der Waals surface area contributed by atoms with Crippen LogP contribution in [0, 0.1) is 5.92 Å².